The minimum absolute atomic E-state index is 0.143. The molecular weight excluding hydrogens is 152 g/mol. The molecule has 0 saturated carbocycles. The molecule has 0 amide bonds. The van der Waals surface area contributed by atoms with Crippen LogP contribution in [0.3, 0.4) is 0 Å². The number of aryl methyl sites for hydroxylation is 1. The minimum atomic E-state index is -0.143. The number of aldehydes is 1. The van der Waals surface area contributed by atoms with Gasteiger partial charge in [0.1, 0.15) is 12.0 Å². The van der Waals surface area contributed by atoms with Crippen LogP contribution in [0.4, 0.5) is 0 Å². The van der Waals surface area contributed by atoms with E-state index in [2.05, 4.69) is 0 Å². The third kappa shape index (κ3) is 1.84. The zero-order valence-corrected chi connectivity index (χ0v) is 7.24. The first-order chi connectivity index (χ1) is 5.63. The van der Waals surface area contributed by atoms with Gasteiger partial charge >= 0.3 is 0 Å². The second kappa shape index (κ2) is 3.39. The van der Waals surface area contributed by atoms with Crippen LogP contribution in [0.15, 0.2) is 18.2 Å². The van der Waals surface area contributed by atoms with E-state index in [0.29, 0.717) is 0 Å². The van der Waals surface area contributed by atoms with E-state index in [1.54, 1.807) is 19.1 Å². The number of carbonyl (C=O) groups excluding carboxylic acids is 1. The van der Waals surface area contributed by atoms with Crippen molar-refractivity contribution in [2.75, 3.05) is 0 Å². The van der Waals surface area contributed by atoms with Gasteiger partial charge in [0.25, 0.3) is 0 Å². The summed E-state index contributed by atoms with van der Waals surface area (Å²) in [5, 5.41) is 9.22. The molecule has 0 spiro atoms. The van der Waals surface area contributed by atoms with Crippen molar-refractivity contribution in [2.45, 2.75) is 19.8 Å². The van der Waals surface area contributed by atoms with Crippen molar-refractivity contribution in [1.29, 1.82) is 0 Å². The van der Waals surface area contributed by atoms with Gasteiger partial charge in [-0.25, -0.2) is 0 Å². The average molecular weight is 164 g/mol. The lowest BCUT2D eigenvalue weighted by Gasteiger charge is -2.05. The van der Waals surface area contributed by atoms with Gasteiger partial charge in [0.05, 0.1) is 0 Å². The molecule has 0 heterocycles. The number of carbonyl (C=O) groups is 1. The van der Waals surface area contributed by atoms with Crippen LogP contribution in [0.5, 0.6) is 5.75 Å². The molecule has 0 aliphatic heterocycles. The number of phenolic OH excluding ortho intramolecular Hbond substituents is 1. The van der Waals surface area contributed by atoms with Crippen molar-refractivity contribution >= 4 is 6.29 Å². The van der Waals surface area contributed by atoms with Gasteiger partial charge in [0, 0.05) is 5.92 Å². The van der Waals surface area contributed by atoms with Crippen molar-refractivity contribution in [2.24, 2.45) is 0 Å². The number of rotatable bonds is 2. The molecule has 1 N–H and O–H groups in total. The van der Waals surface area contributed by atoms with Crippen LogP contribution >= 0.6 is 0 Å². The molecule has 0 aromatic heterocycles. The molecule has 64 valence electrons. The predicted molar refractivity (Wildman–Crippen MR) is 47.3 cm³/mol. The van der Waals surface area contributed by atoms with E-state index in [1.165, 1.54) is 0 Å². The van der Waals surface area contributed by atoms with Crippen LogP contribution < -0.4 is 0 Å². The summed E-state index contributed by atoms with van der Waals surface area (Å²) in [6, 6.07) is 5.19. The number of aromatic hydroxyl groups is 1. The third-order valence-electron chi connectivity index (χ3n) is 1.81. The number of hydrogen-bond acceptors (Lipinski definition) is 2. The summed E-state index contributed by atoms with van der Waals surface area (Å²) >= 11 is 0. The number of hydrogen-bond donors (Lipinski definition) is 1. The maximum absolute atomic E-state index is 10.4. The monoisotopic (exact) mass is 164 g/mol. The highest BCUT2D eigenvalue weighted by atomic mass is 16.3. The van der Waals surface area contributed by atoms with Gasteiger partial charge in [-0.2, -0.15) is 0 Å². The Labute approximate surface area is 71.8 Å². The van der Waals surface area contributed by atoms with Gasteiger partial charge in [-0.3, -0.25) is 0 Å². The Morgan fingerprint density at radius 1 is 1.42 bits per heavy atom. The smallest absolute Gasteiger partial charge is 0.127 e. The fraction of sp³-hybridized carbons (Fsp3) is 0.300. The van der Waals surface area contributed by atoms with Crippen LogP contribution in [0, 0.1) is 6.92 Å². The largest absolute Gasteiger partial charge is 0.508 e. The normalized spacial score (nSPS) is 12.5. The summed E-state index contributed by atoms with van der Waals surface area (Å²) in [6.07, 6.45) is 0.869. The molecule has 2 nitrogen and oxygen atoms in total. The first-order valence-corrected chi connectivity index (χ1v) is 3.89. The first-order valence-electron chi connectivity index (χ1n) is 3.89. The Morgan fingerprint density at radius 2 is 2.08 bits per heavy atom. The molecule has 12 heavy (non-hydrogen) atoms. The molecule has 2 heteroatoms. The summed E-state index contributed by atoms with van der Waals surface area (Å²) in [5.41, 5.74) is 1.83. The van der Waals surface area contributed by atoms with Gasteiger partial charge in [0.2, 0.25) is 0 Å². The lowest BCUT2D eigenvalue weighted by molar-refractivity contribution is -0.108. The highest BCUT2D eigenvalue weighted by Gasteiger charge is 2.04. The summed E-state index contributed by atoms with van der Waals surface area (Å²) in [7, 11) is 0. The van der Waals surface area contributed by atoms with E-state index >= 15 is 0 Å². The van der Waals surface area contributed by atoms with Gasteiger partial charge in [-0.1, -0.05) is 13.0 Å². The van der Waals surface area contributed by atoms with E-state index in [4.69, 9.17) is 0 Å². The average Bonchev–Trinajstić information content (AvgIpc) is 2.01. The highest BCUT2D eigenvalue weighted by Crippen LogP contribution is 2.20. The van der Waals surface area contributed by atoms with E-state index < -0.39 is 0 Å². The molecule has 0 saturated heterocycles. The summed E-state index contributed by atoms with van der Waals surface area (Å²) < 4.78 is 0. The molecule has 1 aromatic carbocycles. The van der Waals surface area contributed by atoms with Crippen LogP contribution in [-0.4, -0.2) is 11.4 Å². The lowest BCUT2D eigenvalue weighted by Crippen LogP contribution is -1.94. The Hall–Kier alpha value is -1.31. The van der Waals surface area contributed by atoms with Crippen molar-refractivity contribution in [3.8, 4) is 5.75 Å². The lowest BCUT2D eigenvalue weighted by atomic mass is 10.0. The maximum Gasteiger partial charge on any atom is 0.127 e. The molecule has 1 unspecified atom stereocenters. The van der Waals surface area contributed by atoms with Crippen molar-refractivity contribution in [3.05, 3.63) is 29.3 Å². The van der Waals surface area contributed by atoms with Crippen LogP contribution in [0.1, 0.15) is 24.0 Å². The zero-order chi connectivity index (χ0) is 9.14. The SMILES string of the molecule is Cc1cc(O)cc(C(C)C=O)c1. The molecule has 0 fully saturated rings. The van der Waals surface area contributed by atoms with E-state index in [0.717, 1.165) is 17.4 Å². The molecule has 0 aliphatic rings. The summed E-state index contributed by atoms with van der Waals surface area (Å²) in [6.45, 7) is 3.70. The Balaban J connectivity index is 3.08. The maximum atomic E-state index is 10.4. The summed E-state index contributed by atoms with van der Waals surface area (Å²) in [4.78, 5) is 10.4. The van der Waals surface area contributed by atoms with Crippen molar-refractivity contribution < 1.29 is 9.90 Å². The zero-order valence-electron chi connectivity index (χ0n) is 7.24. The van der Waals surface area contributed by atoms with Crippen molar-refractivity contribution in [1.82, 2.24) is 0 Å². The molecule has 1 rings (SSSR count). The van der Waals surface area contributed by atoms with E-state index in [-0.39, 0.29) is 11.7 Å². The minimum Gasteiger partial charge on any atom is -0.508 e. The fourth-order valence-electron chi connectivity index (χ4n) is 1.13. The van der Waals surface area contributed by atoms with Gasteiger partial charge in [-0.05, 0) is 30.2 Å². The predicted octanol–water partition coefficient (Wildman–Crippen LogP) is 2.00. The Kier molecular flexibility index (Phi) is 2.48. The molecule has 0 radical (unpaired) electrons. The van der Waals surface area contributed by atoms with Crippen LogP contribution in [0.2, 0.25) is 0 Å². The van der Waals surface area contributed by atoms with E-state index in [9.17, 15) is 9.90 Å². The highest BCUT2D eigenvalue weighted by molar-refractivity contribution is 5.62. The molecular formula is C10H12O2. The first kappa shape index (κ1) is 8.78. The Morgan fingerprint density at radius 3 is 2.58 bits per heavy atom. The molecule has 0 bridgehead atoms. The van der Waals surface area contributed by atoms with Gasteiger partial charge in [0.15, 0.2) is 0 Å². The topological polar surface area (TPSA) is 37.3 Å². The quantitative estimate of drug-likeness (QED) is 0.679. The second-order valence-corrected chi connectivity index (χ2v) is 3.03. The van der Waals surface area contributed by atoms with Gasteiger partial charge < -0.3 is 9.90 Å². The number of phenols is 1. The van der Waals surface area contributed by atoms with Crippen LogP contribution in [0.25, 0.3) is 0 Å². The molecule has 1 aromatic rings. The number of benzene rings is 1. The standard InChI is InChI=1S/C10H12O2/c1-7-3-9(8(2)6-11)5-10(12)4-7/h3-6,8,12H,1-2H3. The summed E-state index contributed by atoms with van der Waals surface area (Å²) in [5.74, 6) is 0.0782. The second-order valence-electron chi connectivity index (χ2n) is 3.03. The van der Waals surface area contributed by atoms with Gasteiger partial charge in [-0.15, -0.1) is 0 Å². The van der Waals surface area contributed by atoms with Crippen LogP contribution in [-0.2, 0) is 4.79 Å². The van der Waals surface area contributed by atoms with E-state index in [1.807, 2.05) is 13.0 Å². The third-order valence-corrected chi connectivity index (χ3v) is 1.81. The molecule has 1 atom stereocenters. The Bertz CT molecular complexity index is 272. The molecule has 0 aliphatic carbocycles. The van der Waals surface area contributed by atoms with Crippen molar-refractivity contribution in [3.63, 3.8) is 0 Å². The fourth-order valence-corrected chi connectivity index (χ4v) is 1.13.